The highest BCUT2D eigenvalue weighted by Crippen LogP contribution is 2.18. The molecule has 4 nitrogen and oxygen atoms in total. The predicted molar refractivity (Wildman–Crippen MR) is 72.8 cm³/mol. The topological polar surface area (TPSA) is 49.8 Å². The molecule has 19 heavy (non-hydrogen) atoms. The summed E-state index contributed by atoms with van der Waals surface area (Å²) in [5.41, 5.74) is 1.85. The number of amides is 1. The summed E-state index contributed by atoms with van der Waals surface area (Å²) in [6.07, 6.45) is 0. The Morgan fingerprint density at radius 1 is 1.16 bits per heavy atom. The molecule has 0 radical (unpaired) electrons. The lowest BCUT2D eigenvalue weighted by Crippen LogP contribution is -2.26. The molecule has 1 amide bonds. The molecule has 0 spiro atoms. The van der Waals surface area contributed by atoms with Crippen molar-refractivity contribution in [3.8, 4) is 5.75 Å². The van der Waals surface area contributed by atoms with Crippen LogP contribution < -0.4 is 9.80 Å². The number of nitrogens with zero attached hydrogens (tertiary/aromatic N) is 1. The quantitative estimate of drug-likeness (QED) is 0.679. The van der Waals surface area contributed by atoms with E-state index in [9.17, 15) is 10.0 Å². The van der Waals surface area contributed by atoms with Gasteiger partial charge >= 0.3 is 0 Å². The van der Waals surface area contributed by atoms with E-state index in [1.807, 2.05) is 19.1 Å². The Bertz CT molecular complexity index is 578. The van der Waals surface area contributed by atoms with Crippen molar-refractivity contribution in [2.45, 2.75) is 6.92 Å². The van der Waals surface area contributed by atoms with E-state index in [1.54, 1.807) is 36.4 Å². The van der Waals surface area contributed by atoms with Gasteiger partial charge in [-0.15, -0.1) is 0 Å². The summed E-state index contributed by atoms with van der Waals surface area (Å²) in [7, 11) is 1.53. The van der Waals surface area contributed by atoms with E-state index in [2.05, 4.69) is 0 Å². The van der Waals surface area contributed by atoms with E-state index in [1.165, 1.54) is 7.11 Å². The van der Waals surface area contributed by atoms with Gasteiger partial charge in [-0.1, -0.05) is 23.8 Å². The second kappa shape index (κ2) is 5.54. The monoisotopic (exact) mass is 257 g/mol. The fraction of sp³-hybridized carbons (Fsp3) is 0.133. The molecule has 0 saturated carbocycles. The average Bonchev–Trinajstić information content (AvgIpc) is 2.46. The van der Waals surface area contributed by atoms with Crippen molar-refractivity contribution < 1.29 is 14.7 Å². The highest BCUT2D eigenvalue weighted by molar-refractivity contribution is 6.04. The molecular weight excluding hydrogens is 242 g/mol. The molecule has 0 aliphatic heterocycles. The first kappa shape index (κ1) is 13.1. The van der Waals surface area contributed by atoms with Crippen LogP contribution in [0, 0.1) is 6.92 Å². The molecule has 2 aromatic carbocycles. The lowest BCUT2D eigenvalue weighted by atomic mass is 10.2. The fourth-order valence-electron chi connectivity index (χ4n) is 1.68. The van der Waals surface area contributed by atoms with Crippen molar-refractivity contribution >= 4 is 11.6 Å². The van der Waals surface area contributed by atoms with Crippen LogP contribution in [0.2, 0.25) is 0 Å². The normalized spacial score (nSPS) is 10.1. The average molecular weight is 257 g/mol. The molecule has 0 aliphatic carbocycles. The summed E-state index contributed by atoms with van der Waals surface area (Å²) in [6.45, 7) is 1.94. The summed E-state index contributed by atoms with van der Waals surface area (Å²) >= 11 is 0. The number of benzene rings is 2. The maximum Gasteiger partial charge on any atom is 0.282 e. The lowest BCUT2D eigenvalue weighted by Gasteiger charge is -2.15. The Morgan fingerprint density at radius 3 is 2.47 bits per heavy atom. The van der Waals surface area contributed by atoms with Crippen molar-refractivity contribution in [3.05, 3.63) is 59.7 Å². The number of aryl methyl sites for hydroxylation is 1. The number of ether oxygens (including phenoxy) is 1. The zero-order valence-electron chi connectivity index (χ0n) is 10.8. The van der Waals surface area contributed by atoms with Gasteiger partial charge < -0.3 is 4.74 Å². The maximum absolute atomic E-state index is 12.1. The Labute approximate surface area is 111 Å². The predicted octanol–water partition coefficient (Wildman–Crippen LogP) is 3.04. The van der Waals surface area contributed by atoms with E-state index >= 15 is 0 Å². The van der Waals surface area contributed by atoms with Gasteiger partial charge in [0.05, 0.1) is 12.8 Å². The van der Waals surface area contributed by atoms with Crippen LogP contribution in [0.4, 0.5) is 5.69 Å². The van der Waals surface area contributed by atoms with Crippen LogP contribution >= 0.6 is 0 Å². The minimum atomic E-state index is -0.497. The number of anilines is 1. The first-order valence-electron chi connectivity index (χ1n) is 5.86. The van der Waals surface area contributed by atoms with Crippen LogP contribution in [0.3, 0.4) is 0 Å². The maximum atomic E-state index is 12.1. The van der Waals surface area contributed by atoms with Gasteiger partial charge in [-0.05, 0) is 37.3 Å². The van der Waals surface area contributed by atoms with E-state index in [0.717, 1.165) is 5.56 Å². The SMILES string of the molecule is COc1cccc(C(=O)N(O)c2ccc(C)cc2)c1. The summed E-state index contributed by atoms with van der Waals surface area (Å²) in [6, 6.07) is 13.7. The molecular formula is C15H15NO3. The number of hydroxylamine groups is 1. The van der Waals surface area contributed by atoms with E-state index in [4.69, 9.17) is 4.74 Å². The molecule has 4 heteroatoms. The highest BCUT2D eigenvalue weighted by Gasteiger charge is 2.15. The Morgan fingerprint density at radius 2 is 1.84 bits per heavy atom. The number of hydrogen-bond donors (Lipinski definition) is 1. The number of hydrogen-bond acceptors (Lipinski definition) is 3. The minimum absolute atomic E-state index is 0.363. The van der Waals surface area contributed by atoms with Crippen LogP contribution in [0.5, 0.6) is 5.75 Å². The van der Waals surface area contributed by atoms with Gasteiger partial charge in [-0.2, -0.15) is 5.06 Å². The fourth-order valence-corrected chi connectivity index (χ4v) is 1.68. The molecule has 0 aliphatic rings. The van der Waals surface area contributed by atoms with Crippen molar-refractivity contribution in [2.24, 2.45) is 0 Å². The van der Waals surface area contributed by atoms with E-state index in [0.29, 0.717) is 22.1 Å². The van der Waals surface area contributed by atoms with Gasteiger partial charge in [-0.25, -0.2) is 0 Å². The first-order chi connectivity index (χ1) is 9.11. The van der Waals surface area contributed by atoms with Gasteiger partial charge in [0.1, 0.15) is 5.75 Å². The van der Waals surface area contributed by atoms with Gasteiger partial charge in [0, 0.05) is 5.56 Å². The number of rotatable bonds is 3. The molecule has 0 unspecified atom stereocenters. The molecule has 0 saturated heterocycles. The molecule has 2 aromatic rings. The van der Waals surface area contributed by atoms with Crippen LogP contribution in [-0.4, -0.2) is 18.2 Å². The second-order valence-corrected chi connectivity index (χ2v) is 4.18. The molecule has 1 N–H and O–H groups in total. The number of methoxy groups -OCH3 is 1. The van der Waals surface area contributed by atoms with E-state index < -0.39 is 5.91 Å². The first-order valence-corrected chi connectivity index (χ1v) is 5.86. The highest BCUT2D eigenvalue weighted by atomic mass is 16.5. The number of carbonyl (C=O) groups is 1. The van der Waals surface area contributed by atoms with Crippen LogP contribution in [0.25, 0.3) is 0 Å². The third kappa shape index (κ3) is 2.92. The van der Waals surface area contributed by atoms with Gasteiger partial charge in [0.25, 0.3) is 5.91 Å². The van der Waals surface area contributed by atoms with Crippen molar-refractivity contribution in [3.63, 3.8) is 0 Å². The van der Waals surface area contributed by atoms with Crippen LogP contribution in [-0.2, 0) is 0 Å². The standard InChI is InChI=1S/C15H15NO3/c1-11-6-8-13(9-7-11)16(18)15(17)12-4-3-5-14(10-12)19-2/h3-10,18H,1-2H3. The van der Waals surface area contributed by atoms with Crippen molar-refractivity contribution in [2.75, 3.05) is 12.2 Å². The Kier molecular flexibility index (Phi) is 3.82. The molecule has 0 bridgehead atoms. The third-order valence-corrected chi connectivity index (χ3v) is 2.79. The lowest BCUT2D eigenvalue weighted by molar-refractivity contribution is 0.0854. The van der Waals surface area contributed by atoms with Gasteiger partial charge in [0.15, 0.2) is 0 Å². The Hall–Kier alpha value is -2.33. The molecule has 0 heterocycles. The summed E-state index contributed by atoms with van der Waals surface area (Å²) in [5, 5.41) is 10.6. The summed E-state index contributed by atoms with van der Waals surface area (Å²) in [4.78, 5) is 12.1. The smallest absolute Gasteiger partial charge is 0.282 e. The minimum Gasteiger partial charge on any atom is -0.497 e. The number of carbonyl (C=O) groups excluding carboxylic acids is 1. The summed E-state index contributed by atoms with van der Waals surface area (Å²) in [5.74, 6) is 0.0749. The molecule has 2 rings (SSSR count). The largest absolute Gasteiger partial charge is 0.497 e. The van der Waals surface area contributed by atoms with Crippen LogP contribution in [0.15, 0.2) is 48.5 Å². The molecule has 98 valence electrons. The summed E-state index contributed by atoms with van der Waals surface area (Å²) < 4.78 is 5.05. The van der Waals surface area contributed by atoms with Gasteiger partial charge in [0.2, 0.25) is 0 Å². The van der Waals surface area contributed by atoms with E-state index in [-0.39, 0.29) is 0 Å². The van der Waals surface area contributed by atoms with Gasteiger partial charge in [-0.3, -0.25) is 10.0 Å². The molecule has 0 fully saturated rings. The van der Waals surface area contributed by atoms with Crippen molar-refractivity contribution in [1.82, 2.24) is 0 Å². The van der Waals surface area contributed by atoms with Crippen molar-refractivity contribution in [1.29, 1.82) is 0 Å². The third-order valence-electron chi connectivity index (χ3n) is 2.79. The molecule has 0 atom stereocenters. The van der Waals surface area contributed by atoms with Crippen LogP contribution in [0.1, 0.15) is 15.9 Å². The zero-order chi connectivity index (χ0) is 13.8. The zero-order valence-corrected chi connectivity index (χ0v) is 10.8. The molecule has 0 aromatic heterocycles. The second-order valence-electron chi connectivity index (χ2n) is 4.18. The Balaban J connectivity index is 2.25.